The summed E-state index contributed by atoms with van der Waals surface area (Å²) >= 11 is 15.4. The molecule has 0 bridgehead atoms. The number of rotatable bonds is 13. The third kappa shape index (κ3) is 11.6. The Morgan fingerprint density at radius 2 is 1.08 bits per heavy atom. The fraction of sp³-hybridized carbons (Fsp3) is 0.106. The Balaban J connectivity index is 0.000000201. The normalized spacial score (nSPS) is 10.7. The van der Waals surface area contributed by atoms with Crippen LogP contribution in [0.5, 0.6) is 11.5 Å². The number of hydrogen-bond donors (Lipinski definition) is 5. The first-order chi connectivity index (χ1) is 28.8. The number of anilines is 3. The zero-order valence-corrected chi connectivity index (χ0v) is 35.9. The Hall–Kier alpha value is -5.98. The molecule has 0 fully saturated rings. The highest BCUT2D eigenvalue weighted by atomic mass is 35.5. The number of hydrogen-bond acceptors (Lipinski definition) is 10. The molecule has 0 radical (unpaired) electrons. The SMILES string of the molecule is CC(=O)Nc1ccc(Sc2ccccc2CNc2cc(Cl)c(O)c(C(C)=O)c2)cc1.CC(=O)c1cc(NCc2ccccc2Sc2ccc3cccnc3c2)cc(Cl)c1O. The van der Waals surface area contributed by atoms with Crippen molar-refractivity contribution >= 4 is 92.2 Å². The number of carbonyl (C=O) groups is 3. The van der Waals surface area contributed by atoms with E-state index in [0.29, 0.717) is 24.5 Å². The largest absolute Gasteiger partial charge is 0.506 e. The third-order valence-electron chi connectivity index (χ3n) is 9.00. The summed E-state index contributed by atoms with van der Waals surface area (Å²) in [6.45, 7) is 5.34. The molecule has 304 valence electrons. The van der Waals surface area contributed by atoms with Crippen molar-refractivity contribution in [3.05, 3.63) is 166 Å². The van der Waals surface area contributed by atoms with Crippen molar-refractivity contribution in [3.8, 4) is 11.5 Å². The first-order valence-electron chi connectivity index (χ1n) is 18.6. The molecule has 7 aromatic rings. The van der Waals surface area contributed by atoms with Gasteiger partial charge in [0.2, 0.25) is 5.91 Å². The van der Waals surface area contributed by atoms with E-state index < -0.39 is 0 Å². The van der Waals surface area contributed by atoms with Gasteiger partial charge in [-0.05, 0) is 104 Å². The molecule has 0 aliphatic rings. The fourth-order valence-electron chi connectivity index (χ4n) is 6.01. The van der Waals surface area contributed by atoms with Gasteiger partial charge in [-0.1, -0.05) is 95.3 Å². The Morgan fingerprint density at radius 1 is 0.583 bits per heavy atom. The quantitative estimate of drug-likeness (QED) is 0.0562. The van der Waals surface area contributed by atoms with Gasteiger partial charge in [-0.25, -0.2) is 0 Å². The molecule has 13 heteroatoms. The molecule has 0 aliphatic carbocycles. The monoisotopic (exact) mass is 874 g/mol. The maximum Gasteiger partial charge on any atom is 0.221 e. The first kappa shape index (κ1) is 43.6. The molecular weight excluding hydrogens is 836 g/mol. The third-order valence-corrected chi connectivity index (χ3v) is 11.8. The van der Waals surface area contributed by atoms with Gasteiger partial charge in [0, 0.05) is 68.2 Å². The van der Waals surface area contributed by atoms with Gasteiger partial charge in [0.1, 0.15) is 11.5 Å². The van der Waals surface area contributed by atoms with E-state index >= 15 is 0 Å². The number of aromatic nitrogens is 1. The van der Waals surface area contributed by atoms with Crippen LogP contribution in [0, 0.1) is 0 Å². The fourth-order valence-corrected chi connectivity index (χ4v) is 8.37. The average Bonchev–Trinajstić information content (AvgIpc) is 3.23. The molecule has 5 N–H and O–H groups in total. The number of phenols is 2. The predicted molar refractivity (Wildman–Crippen MR) is 245 cm³/mol. The number of pyridine rings is 1. The maximum absolute atomic E-state index is 11.7. The van der Waals surface area contributed by atoms with Crippen molar-refractivity contribution in [1.29, 1.82) is 0 Å². The standard InChI is InChI=1S/C24H19ClN2O2S.C23H21ClN2O3S/c1-15(28)20-11-18(12-21(25)24(20)29)27-14-17-5-2-3-7-23(17)30-19-9-8-16-6-4-10-26-22(16)13-19;1-14(27)20-11-18(12-21(24)23(20)29)25-13-16-5-3-4-6-22(16)30-19-9-7-17(8-10-19)26-15(2)28/h2-13,27,29H,14H2,1H3;3-12,25,29H,13H2,1-2H3,(H,26,28). The lowest BCUT2D eigenvalue weighted by Crippen LogP contribution is -2.05. The maximum atomic E-state index is 11.7. The first-order valence-corrected chi connectivity index (χ1v) is 21.0. The van der Waals surface area contributed by atoms with Crippen LogP contribution in [0.25, 0.3) is 10.9 Å². The molecular formula is C47H40Cl2N4O5S2. The lowest BCUT2D eigenvalue weighted by atomic mass is 10.1. The Labute approximate surface area is 366 Å². The smallest absolute Gasteiger partial charge is 0.221 e. The van der Waals surface area contributed by atoms with Crippen LogP contribution in [0.15, 0.2) is 153 Å². The number of nitrogens with zero attached hydrogens (tertiary/aromatic N) is 1. The number of ketones is 2. The zero-order chi connectivity index (χ0) is 42.8. The minimum atomic E-state index is -0.253. The molecule has 0 saturated carbocycles. The second-order valence-corrected chi connectivity index (χ2v) is 16.6. The van der Waals surface area contributed by atoms with Crippen LogP contribution in [-0.2, 0) is 17.9 Å². The summed E-state index contributed by atoms with van der Waals surface area (Å²) in [6.07, 6.45) is 1.80. The number of benzene rings is 6. The molecule has 60 heavy (non-hydrogen) atoms. The molecule has 1 amide bonds. The van der Waals surface area contributed by atoms with Gasteiger partial charge in [-0.15, -0.1) is 0 Å². The molecule has 7 rings (SSSR count). The topological polar surface area (TPSA) is 141 Å². The van der Waals surface area contributed by atoms with E-state index in [4.69, 9.17) is 23.2 Å². The number of Topliss-reactive ketones (excluding diaryl/α,β-unsaturated/α-hetero) is 2. The van der Waals surface area contributed by atoms with Crippen LogP contribution < -0.4 is 16.0 Å². The van der Waals surface area contributed by atoms with Crippen LogP contribution in [0.2, 0.25) is 10.0 Å². The molecule has 0 aliphatic heterocycles. The minimum Gasteiger partial charge on any atom is -0.506 e. The van der Waals surface area contributed by atoms with E-state index in [9.17, 15) is 24.6 Å². The van der Waals surface area contributed by atoms with Crippen LogP contribution >= 0.6 is 46.7 Å². The van der Waals surface area contributed by atoms with Crippen molar-refractivity contribution < 1.29 is 24.6 Å². The number of aromatic hydroxyl groups is 2. The number of nitrogens with one attached hydrogen (secondary N) is 3. The summed E-state index contributed by atoms with van der Waals surface area (Å²) in [4.78, 5) is 43.4. The van der Waals surface area contributed by atoms with Crippen LogP contribution in [0.4, 0.5) is 17.1 Å². The predicted octanol–water partition coefficient (Wildman–Crippen LogP) is 12.5. The molecule has 0 saturated heterocycles. The van der Waals surface area contributed by atoms with Gasteiger partial charge in [-0.3, -0.25) is 19.4 Å². The van der Waals surface area contributed by atoms with E-state index in [-0.39, 0.29) is 50.1 Å². The summed E-state index contributed by atoms with van der Waals surface area (Å²) < 4.78 is 0. The van der Waals surface area contributed by atoms with E-state index in [2.05, 4.69) is 51.3 Å². The molecule has 0 atom stereocenters. The molecule has 1 heterocycles. The minimum absolute atomic E-state index is 0.103. The van der Waals surface area contributed by atoms with Gasteiger partial charge in [0.05, 0.1) is 26.7 Å². The summed E-state index contributed by atoms with van der Waals surface area (Å²) in [6, 6.07) is 40.5. The number of fused-ring (bicyclic) bond motifs is 1. The summed E-state index contributed by atoms with van der Waals surface area (Å²) in [5.74, 6) is -0.978. The number of carbonyl (C=O) groups excluding carboxylic acids is 3. The second-order valence-electron chi connectivity index (χ2n) is 13.5. The van der Waals surface area contributed by atoms with Crippen LogP contribution in [-0.4, -0.2) is 32.7 Å². The van der Waals surface area contributed by atoms with Crippen molar-refractivity contribution in [2.75, 3.05) is 16.0 Å². The Bertz CT molecular complexity index is 2700. The number of halogens is 2. The zero-order valence-electron chi connectivity index (χ0n) is 32.8. The van der Waals surface area contributed by atoms with Gasteiger partial charge in [0.25, 0.3) is 0 Å². The highest BCUT2D eigenvalue weighted by molar-refractivity contribution is 7.99. The summed E-state index contributed by atoms with van der Waals surface area (Å²) in [5, 5.41) is 30.6. The lowest BCUT2D eigenvalue weighted by molar-refractivity contribution is -0.114. The molecule has 0 spiro atoms. The van der Waals surface area contributed by atoms with Crippen molar-refractivity contribution in [3.63, 3.8) is 0 Å². The highest BCUT2D eigenvalue weighted by Crippen LogP contribution is 2.36. The average molecular weight is 876 g/mol. The number of amides is 1. The Kier molecular flexibility index (Phi) is 14.8. The molecule has 1 aromatic heterocycles. The van der Waals surface area contributed by atoms with Gasteiger partial charge in [-0.2, -0.15) is 0 Å². The summed E-state index contributed by atoms with van der Waals surface area (Å²) in [7, 11) is 0. The van der Waals surface area contributed by atoms with E-state index in [1.165, 1.54) is 20.8 Å². The molecule has 9 nitrogen and oxygen atoms in total. The second kappa shape index (κ2) is 20.3. The van der Waals surface area contributed by atoms with Gasteiger partial charge < -0.3 is 26.2 Å². The molecule has 0 unspecified atom stereocenters. The van der Waals surface area contributed by atoms with Crippen molar-refractivity contribution in [2.24, 2.45) is 0 Å². The van der Waals surface area contributed by atoms with Crippen molar-refractivity contribution in [1.82, 2.24) is 4.98 Å². The Morgan fingerprint density at radius 3 is 1.60 bits per heavy atom. The molecule has 6 aromatic carbocycles. The van der Waals surface area contributed by atoms with Gasteiger partial charge >= 0.3 is 0 Å². The highest BCUT2D eigenvalue weighted by Gasteiger charge is 2.15. The van der Waals surface area contributed by atoms with E-state index in [1.807, 2.05) is 72.8 Å². The van der Waals surface area contributed by atoms with Crippen molar-refractivity contribution in [2.45, 2.75) is 53.4 Å². The van der Waals surface area contributed by atoms with Crippen LogP contribution in [0.3, 0.4) is 0 Å². The van der Waals surface area contributed by atoms with E-state index in [1.54, 1.807) is 54.0 Å². The van der Waals surface area contributed by atoms with Gasteiger partial charge in [0.15, 0.2) is 11.6 Å². The van der Waals surface area contributed by atoms with Crippen LogP contribution in [0.1, 0.15) is 52.6 Å². The van der Waals surface area contributed by atoms with E-state index in [0.717, 1.165) is 47.3 Å². The summed E-state index contributed by atoms with van der Waals surface area (Å²) in [5.41, 5.74) is 5.63. The number of phenolic OH excluding ortho intramolecular Hbond substituents is 2. The lowest BCUT2D eigenvalue weighted by Gasteiger charge is -2.13.